The van der Waals surface area contributed by atoms with Gasteiger partial charge in [0.25, 0.3) is 0 Å². The first-order valence-corrected chi connectivity index (χ1v) is 4.06. The summed E-state index contributed by atoms with van der Waals surface area (Å²) in [6.45, 7) is 1.83. The molecule has 2 aromatic rings. The summed E-state index contributed by atoms with van der Waals surface area (Å²) in [5.74, 6) is -0.149. The largest absolute Gasteiger partial charge is 0.490 e. The van der Waals surface area contributed by atoms with Crippen LogP contribution < -0.4 is 10.4 Å². The molecule has 0 spiro atoms. The van der Waals surface area contributed by atoms with Gasteiger partial charge in [0.15, 0.2) is 11.3 Å². The van der Waals surface area contributed by atoms with Crippen LogP contribution >= 0.6 is 0 Å². The van der Waals surface area contributed by atoms with E-state index in [9.17, 15) is 4.79 Å². The lowest BCUT2D eigenvalue weighted by atomic mass is 10.2. The van der Waals surface area contributed by atoms with Crippen molar-refractivity contribution >= 4 is 11.0 Å². The summed E-state index contributed by atoms with van der Waals surface area (Å²) in [6.07, 6.45) is 0. The van der Waals surface area contributed by atoms with Gasteiger partial charge >= 0.3 is 5.63 Å². The zero-order valence-electron chi connectivity index (χ0n) is 12.4. The molecule has 1 aromatic carbocycles. The molecule has 0 saturated carbocycles. The van der Waals surface area contributed by atoms with Crippen molar-refractivity contribution in [2.24, 2.45) is 0 Å². The van der Waals surface area contributed by atoms with E-state index in [0.717, 1.165) is 0 Å². The van der Waals surface area contributed by atoms with Gasteiger partial charge in [-0.25, -0.2) is 4.79 Å². The van der Waals surface area contributed by atoms with Gasteiger partial charge in [0.05, 0.1) is 13.5 Å². The minimum atomic E-state index is -1.03. The third kappa shape index (κ3) is 1.48. The van der Waals surface area contributed by atoms with Crippen molar-refractivity contribution in [3.8, 4) is 5.75 Å². The zero-order chi connectivity index (χ0) is 14.3. The van der Waals surface area contributed by atoms with Gasteiger partial charge in [0, 0.05) is 11.4 Å². The average Bonchev–Trinajstić information content (AvgIpc) is 2.38. The van der Waals surface area contributed by atoms with E-state index in [2.05, 4.69) is 0 Å². The van der Waals surface area contributed by atoms with Crippen LogP contribution in [0, 0.1) is 0 Å². The molecule has 0 fully saturated rings. The second kappa shape index (κ2) is 3.54. The molecular formula is C11H10O3. The Labute approximate surface area is 87.9 Å². The van der Waals surface area contributed by atoms with Crippen molar-refractivity contribution in [3.05, 3.63) is 40.6 Å². The van der Waals surface area contributed by atoms with E-state index < -0.39 is 29.8 Å². The quantitative estimate of drug-likeness (QED) is 0.689. The van der Waals surface area contributed by atoms with E-state index in [1.54, 1.807) is 6.92 Å². The summed E-state index contributed by atoms with van der Waals surface area (Å²) in [6, 6.07) is -2.41. The number of hydrogen-bond acceptors (Lipinski definition) is 3. The molecule has 2 rings (SSSR count). The van der Waals surface area contributed by atoms with Crippen LogP contribution in [0.4, 0.5) is 0 Å². The number of para-hydroxylation sites is 1. The van der Waals surface area contributed by atoms with E-state index in [4.69, 9.17) is 16.0 Å². The highest BCUT2D eigenvalue weighted by Crippen LogP contribution is 2.23. The molecule has 3 nitrogen and oxygen atoms in total. The van der Waals surface area contributed by atoms with Gasteiger partial charge in [0.2, 0.25) is 0 Å². The fraction of sp³-hybridized carbons (Fsp3) is 0.182. The number of ether oxygens (including phenoxy) is 1. The Hall–Kier alpha value is -1.77. The molecule has 0 saturated heterocycles. The Balaban J connectivity index is 3.07. The number of fused-ring (bicyclic) bond motifs is 1. The topological polar surface area (TPSA) is 39.4 Å². The summed E-state index contributed by atoms with van der Waals surface area (Å²) < 4.78 is 48.2. The Morgan fingerprint density at radius 3 is 3.07 bits per heavy atom. The first-order valence-electron chi connectivity index (χ1n) is 6.56. The molecule has 0 bridgehead atoms. The fourth-order valence-corrected chi connectivity index (χ4v) is 1.04. The highest BCUT2D eigenvalue weighted by atomic mass is 16.5. The Kier molecular flexibility index (Phi) is 1.17. The summed E-state index contributed by atoms with van der Waals surface area (Å²) in [4.78, 5) is 11.4. The number of benzene rings is 1. The van der Waals surface area contributed by atoms with E-state index in [0.29, 0.717) is 0 Å². The predicted molar refractivity (Wildman–Crippen MR) is 53.7 cm³/mol. The minimum Gasteiger partial charge on any atom is -0.490 e. The second-order valence-electron chi connectivity index (χ2n) is 2.48. The average molecular weight is 195 g/mol. The van der Waals surface area contributed by atoms with Gasteiger partial charge in [-0.2, -0.15) is 0 Å². The normalized spacial score (nSPS) is 15.4. The molecule has 1 aromatic heterocycles. The van der Waals surface area contributed by atoms with Crippen molar-refractivity contribution in [1.29, 1.82) is 0 Å². The van der Waals surface area contributed by atoms with Crippen LogP contribution in [0.15, 0.2) is 39.4 Å². The molecule has 0 atom stereocenters. The molecule has 1 heterocycles. The second-order valence-corrected chi connectivity index (χ2v) is 2.48. The van der Waals surface area contributed by atoms with Crippen LogP contribution in [0.5, 0.6) is 5.75 Å². The zero-order valence-corrected chi connectivity index (χ0v) is 7.43. The lowest BCUT2D eigenvalue weighted by Gasteiger charge is -2.04. The lowest BCUT2D eigenvalue weighted by molar-refractivity contribution is 0.337. The van der Waals surface area contributed by atoms with Crippen molar-refractivity contribution in [3.63, 3.8) is 0 Å². The molecule has 0 amide bonds. The molecule has 0 unspecified atom stereocenters. The van der Waals surface area contributed by atoms with Crippen molar-refractivity contribution in [2.45, 2.75) is 6.92 Å². The number of hydrogen-bond donors (Lipinski definition) is 0. The molecule has 0 aliphatic carbocycles. The molecule has 0 radical (unpaired) electrons. The van der Waals surface area contributed by atoms with Crippen LogP contribution in [0.25, 0.3) is 11.0 Å². The van der Waals surface area contributed by atoms with Gasteiger partial charge < -0.3 is 9.15 Å². The maximum atomic E-state index is 11.4. The Morgan fingerprint density at radius 2 is 2.29 bits per heavy atom. The van der Waals surface area contributed by atoms with Crippen molar-refractivity contribution < 1.29 is 16.0 Å². The van der Waals surface area contributed by atoms with E-state index in [-0.39, 0.29) is 29.4 Å². The van der Waals surface area contributed by atoms with Crippen LogP contribution in [-0.2, 0) is 0 Å². The summed E-state index contributed by atoms with van der Waals surface area (Å²) >= 11 is 0. The SMILES string of the molecule is [2H]c1c([2H])c([2H])c2c([2H])c([2H])c(=O)oc2c1OCC. The summed E-state index contributed by atoms with van der Waals surface area (Å²) in [5, 5.41) is -0.158. The lowest BCUT2D eigenvalue weighted by Crippen LogP contribution is -1.97. The monoisotopic (exact) mass is 195 g/mol. The highest BCUT2D eigenvalue weighted by molar-refractivity contribution is 5.82. The van der Waals surface area contributed by atoms with Gasteiger partial charge in [-0.15, -0.1) is 0 Å². The first kappa shape index (κ1) is 4.64. The molecule has 72 valence electrons. The van der Waals surface area contributed by atoms with Crippen molar-refractivity contribution in [2.75, 3.05) is 6.61 Å². The fourth-order valence-electron chi connectivity index (χ4n) is 1.04. The standard InChI is InChI=1S/C11H10O3/c1-2-13-9-5-3-4-8-6-7-10(12)14-11(8)9/h3-7H,2H2,1H3/i3D,4D,5D,6D,7D. The van der Waals surface area contributed by atoms with Crippen LogP contribution in [-0.4, -0.2) is 6.61 Å². The maximum absolute atomic E-state index is 11.4. The molecule has 3 heteroatoms. The van der Waals surface area contributed by atoms with E-state index in [1.165, 1.54) is 0 Å². The summed E-state index contributed by atoms with van der Waals surface area (Å²) in [7, 11) is 0. The van der Waals surface area contributed by atoms with Crippen LogP contribution in [0.2, 0.25) is 0 Å². The van der Waals surface area contributed by atoms with Gasteiger partial charge in [-0.1, -0.05) is 12.1 Å². The van der Waals surface area contributed by atoms with Gasteiger partial charge in [-0.3, -0.25) is 0 Å². The van der Waals surface area contributed by atoms with Gasteiger partial charge in [0.1, 0.15) is 0 Å². The Morgan fingerprint density at radius 1 is 1.43 bits per heavy atom. The van der Waals surface area contributed by atoms with Crippen LogP contribution in [0.1, 0.15) is 13.8 Å². The molecule has 0 aliphatic heterocycles. The third-order valence-corrected chi connectivity index (χ3v) is 1.57. The maximum Gasteiger partial charge on any atom is 0.336 e. The van der Waals surface area contributed by atoms with E-state index in [1.807, 2.05) is 0 Å². The molecule has 14 heavy (non-hydrogen) atoms. The highest BCUT2D eigenvalue weighted by Gasteiger charge is 2.03. The smallest absolute Gasteiger partial charge is 0.336 e. The third-order valence-electron chi connectivity index (χ3n) is 1.57. The van der Waals surface area contributed by atoms with E-state index >= 15 is 0 Å². The van der Waals surface area contributed by atoms with Crippen molar-refractivity contribution in [1.82, 2.24) is 0 Å². The predicted octanol–water partition coefficient (Wildman–Crippen LogP) is 2.19. The van der Waals surface area contributed by atoms with Gasteiger partial charge in [-0.05, 0) is 19.0 Å². The molecular weight excluding hydrogens is 180 g/mol. The minimum absolute atomic E-state index is 0.149. The number of rotatable bonds is 2. The molecule has 0 aliphatic rings. The van der Waals surface area contributed by atoms with Crippen LogP contribution in [0.3, 0.4) is 0 Å². The summed E-state index contributed by atoms with van der Waals surface area (Å²) in [5.41, 5.74) is -1.26. The molecule has 0 N–H and O–H groups in total. The Bertz CT molecular complexity index is 723. The first-order chi connectivity index (χ1) is 8.90.